The number of aromatic nitrogens is 1. The van der Waals surface area contributed by atoms with Crippen LogP contribution in [-0.4, -0.2) is 53.7 Å². The number of amides is 1. The van der Waals surface area contributed by atoms with E-state index in [4.69, 9.17) is 0 Å². The Morgan fingerprint density at radius 2 is 2.00 bits per heavy atom. The zero-order chi connectivity index (χ0) is 16.8. The summed E-state index contributed by atoms with van der Waals surface area (Å²) in [5.74, 6) is 0.556. The third-order valence-electron chi connectivity index (χ3n) is 5.58. The standard InChI is InChI=1S/C17H23N3O3S/c21-16-12-20(24(22,23)15-4-3-9-18-10-15)17(7-1-2-8-17)13-19(16)11-14-5-6-14/h3-4,9-10,14H,1-2,5-8,11-13H2. The van der Waals surface area contributed by atoms with Gasteiger partial charge in [-0.1, -0.05) is 12.8 Å². The van der Waals surface area contributed by atoms with Gasteiger partial charge in [0.1, 0.15) is 4.90 Å². The van der Waals surface area contributed by atoms with Crippen LogP contribution in [0.25, 0.3) is 0 Å². The highest BCUT2D eigenvalue weighted by Gasteiger charge is 2.52. The first-order valence-corrected chi connectivity index (χ1v) is 10.2. The molecule has 1 spiro atoms. The topological polar surface area (TPSA) is 70.6 Å². The van der Waals surface area contributed by atoms with Crippen molar-refractivity contribution < 1.29 is 13.2 Å². The SMILES string of the molecule is O=C1CN(S(=O)(=O)c2cccnc2)C2(CCCC2)CN1CC1CC1. The van der Waals surface area contributed by atoms with Gasteiger partial charge in [-0.15, -0.1) is 0 Å². The van der Waals surface area contributed by atoms with E-state index in [-0.39, 0.29) is 17.3 Å². The molecular weight excluding hydrogens is 326 g/mol. The average Bonchev–Trinajstić information content (AvgIpc) is 3.28. The maximum atomic E-state index is 13.2. The normalized spacial score (nSPS) is 24.7. The number of piperazine rings is 1. The zero-order valence-corrected chi connectivity index (χ0v) is 14.5. The molecule has 0 atom stereocenters. The molecule has 1 aromatic heterocycles. The van der Waals surface area contributed by atoms with Gasteiger partial charge in [0.25, 0.3) is 0 Å². The van der Waals surface area contributed by atoms with E-state index in [1.807, 2.05) is 4.90 Å². The Labute approximate surface area is 142 Å². The highest BCUT2D eigenvalue weighted by Crippen LogP contribution is 2.42. The van der Waals surface area contributed by atoms with Crippen LogP contribution in [0.1, 0.15) is 38.5 Å². The molecule has 24 heavy (non-hydrogen) atoms. The van der Waals surface area contributed by atoms with E-state index in [9.17, 15) is 13.2 Å². The molecule has 1 saturated heterocycles. The second kappa shape index (κ2) is 5.81. The summed E-state index contributed by atoms with van der Waals surface area (Å²) < 4.78 is 27.8. The lowest BCUT2D eigenvalue weighted by atomic mass is 9.94. The molecule has 1 aromatic rings. The Hall–Kier alpha value is -1.47. The quantitative estimate of drug-likeness (QED) is 0.828. The number of pyridine rings is 1. The third kappa shape index (κ3) is 2.73. The van der Waals surface area contributed by atoms with Crippen molar-refractivity contribution in [2.45, 2.75) is 49.0 Å². The second-order valence-electron chi connectivity index (χ2n) is 7.35. The molecule has 3 aliphatic rings. The monoisotopic (exact) mass is 349 g/mol. The maximum absolute atomic E-state index is 13.2. The first-order chi connectivity index (χ1) is 11.5. The van der Waals surface area contributed by atoms with Crippen molar-refractivity contribution in [3.05, 3.63) is 24.5 Å². The van der Waals surface area contributed by atoms with E-state index in [0.717, 1.165) is 32.2 Å². The fraction of sp³-hybridized carbons (Fsp3) is 0.647. The molecule has 3 fully saturated rings. The van der Waals surface area contributed by atoms with Gasteiger partial charge in [0.15, 0.2) is 0 Å². The van der Waals surface area contributed by atoms with Crippen molar-refractivity contribution in [2.75, 3.05) is 19.6 Å². The number of rotatable bonds is 4. The maximum Gasteiger partial charge on any atom is 0.245 e. The molecule has 4 rings (SSSR count). The van der Waals surface area contributed by atoms with Crippen LogP contribution in [0.2, 0.25) is 0 Å². The van der Waals surface area contributed by atoms with E-state index in [1.165, 1.54) is 23.3 Å². The van der Waals surface area contributed by atoms with Gasteiger partial charge in [-0.05, 0) is 43.7 Å². The van der Waals surface area contributed by atoms with Crippen LogP contribution in [0.5, 0.6) is 0 Å². The van der Waals surface area contributed by atoms with Gasteiger partial charge in [0.2, 0.25) is 15.9 Å². The smallest absolute Gasteiger partial charge is 0.245 e. The van der Waals surface area contributed by atoms with Crippen LogP contribution in [0.15, 0.2) is 29.4 Å². The summed E-state index contributed by atoms with van der Waals surface area (Å²) in [7, 11) is -3.70. The Bertz CT molecular complexity index is 725. The fourth-order valence-electron chi connectivity index (χ4n) is 4.10. The molecule has 2 aliphatic carbocycles. The number of carbonyl (C=O) groups excluding carboxylic acids is 1. The van der Waals surface area contributed by atoms with Gasteiger partial charge < -0.3 is 4.90 Å². The van der Waals surface area contributed by atoms with Crippen LogP contribution < -0.4 is 0 Å². The first kappa shape index (κ1) is 16.0. The summed E-state index contributed by atoms with van der Waals surface area (Å²) in [6.07, 6.45) is 9.02. The summed E-state index contributed by atoms with van der Waals surface area (Å²) in [4.78, 5) is 18.6. The van der Waals surface area contributed by atoms with Gasteiger partial charge in [0, 0.05) is 25.5 Å². The van der Waals surface area contributed by atoms with Crippen LogP contribution in [0, 0.1) is 5.92 Å². The van der Waals surface area contributed by atoms with E-state index in [2.05, 4.69) is 4.98 Å². The van der Waals surface area contributed by atoms with E-state index >= 15 is 0 Å². The van der Waals surface area contributed by atoms with Gasteiger partial charge in [-0.3, -0.25) is 9.78 Å². The first-order valence-electron chi connectivity index (χ1n) is 8.72. The Balaban J connectivity index is 1.67. The fourth-order valence-corrected chi connectivity index (χ4v) is 5.83. The number of nitrogens with zero attached hydrogens (tertiary/aromatic N) is 3. The Morgan fingerprint density at radius 3 is 2.62 bits per heavy atom. The van der Waals surface area contributed by atoms with Crippen molar-refractivity contribution in [1.29, 1.82) is 0 Å². The summed E-state index contributed by atoms with van der Waals surface area (Å²) in [5, 5.41) is 0. The van der Waals surface area contributed by atoms with E-state index < -0.39 is 15.6 Å². The molecule has 0 radical (unpaired) electrons. The predicted molar refractivity (Wildman–Crippen MR) is 88.6 cm³/mol. The molecule has 2 heterocycles. The van der Waals surface area contributed by atoms with Crippen LogP contribution >= 0.6 is 0 Å². The van der Waals surface area contributed by atoms with Crippen molar-refractivity contribution in [1.82, 2.24) is 14.2 Å². The molecular formula is C17H23N3O3S. The number of hydrogen-bond acceptors (Lipinski definition) is 4. The molecule has 7 heteroatoms. The minimum atomic E-state index is -3.70. The molecule has 1 aliphatic heterocycles. The van der Waals surface area contributed by atoms with Crippen LogP contribution in [-0.2, 0) is 14.8 Å². The lowest BCUT2D eigenvalue weighted by Gasteiger charge is -2.47. The average molecular weight is 349 g/mol. The van der Waals surface area contributed by atoms with Crippen molar-refractivity contribution in [3.8, 4) is 0 Å². The summed E-state index contributed by atoms with van der Waals surface area (Å²) in [6, 6.07) is 3.19. The number of sulfonamides is 1. The Morgan fingerprint density at radius 1 is 1.25 bits per heavy atom. The number of hydrogen-bond donors (Lipinski definition) is 0. The van der Waals surface area contributed by atoms with Crippen LogP contribution in [0.3, 0.4) is 0 Å². The largest absolute Gasteiger partial charge is 0.339 e. The van der Waals surface area contributed by atoms with Gasteiger partial charge in [0.05, 0.1) is 12.1 Å². The summed E-state index contributed by atoms with van der Waals surface area (Å²) in [6.45, 7) is 1.30. The third-order valence-corrected chi connectivity index (χ3v) is 7.51. The second-order valence-corrected chi connectivity index (χ2v) is 9.21. The van der Waals surface area contributed by atoms with Crippen molar-refractivity contribution in [3.63, 3.8) is 0 Å². The molecule has 1 amide bonds. The van der Waals surface area contributed by atoms with Gasteiger partial charge in [-0.2, -0.15) is 4.31 Å². The minimum Gasteiger partial charge on any atom is -0.339 e. The lowest BCUT2D eigenvalue weighted by molar-refractivity contribution is -0.139. The molecule has 6 nitrogen and oxygen atoms in total. The highest BCUT2D eigenvalue weighted by molar-refractivity contribution is 7.89. The van der Waals surface area contributed by atoms with E-state index in [0.29, 0.717) is 12.5 Å². The van der Waals surface area contributed by atoms with Crippen LogP contribution in [0.4, 0.5) is 0 Å². The van der Waals surface area contributed by atoms with Gasteiger partial charge >= 0.3 is 0 Å². The molecule has 0 unspecified atom stereocenters. The Kier molecular flexibility index (Phi) is 3.88. The molecule has 0 aromatic carbocycles. The molecule has 0 bridgehead atoms. The number of carbonyl (C=O) groups is 1. The van der Waals surface area contributed by atoms with Crippen molar-refractivity contribution >= 4 is 15.9 Å². The molecule has 2 saturated carbocycles. The van der Waals surface area contributed by atoms with Crippen molar-refractivity contribution in [2.24, 2.45) is 5.92 Å². The molecule has 130 valence electrons. The zero-order valence-electron chi connectivity index (χ0n) is 13.7. The summed E-state index contributed by atoms with van der Waals surface area (Å²) in [5.41, 5.74) is -0.433. The predicted octanol–water partition coefficient (Wildman–Crippen LogP) is 1.64. The van der Waals surface area contributed by atoms with E-state index in [1.54, 1.807) is 18.3 Å². The minimum absolute atomic E-state index is 0.0378. The lowest BCUT2D eigenvalue weighted by Crippen LogP contribution is -2.64. The summed E-state index contributed by atoms with van der Waals surface area (Å²) >= 11 is 0. The highest BCUT2D eigenvalue weighted by atomic mass is 32.2. The molecule has 0 N–H and O–H groups in total. The van der Waals surface area contributed by atoms with Gasteiger partial charge in [-0.25, -0.2) is 8.42 Å².